The van der Waals surface area contributed by atoms with Crippen molar-refractivity contribution < 1.29 is 4.74 Å². The van der Waals surface area contributed by atoms with Crippen molar-refractivity contribution in [3.8, 4) is 0 Å². The van der Waals surface area contributed by atoms with E-state index in [1.807, 2.05) is 0 Å². The van der Waals surface area contributed by atoms with Gasteiger partial charge in [0.05, 0.1) is 19.3 Å². The molecular weight excluding hydrogens is 138 g/mol. The molecule has 1 atom stereocenters. The van der Waals surface area contributed by atoms with Gasteiger partial charge in [0.1, 0.15) is 0 Å². The highest BCUT2D eigenvalue weighted by atomic mass is 16.5. The molecule has 2 heterocycles. The maximum atomic E-state index is 5.41. The fraction of sp³-hybridized carbons (Fsp3) is 0.778. The number of fused-ring (bicyclic) bond motifs is 1. The summed E-state index contributed by atoms with van der Waals surface area (Å²) in [5.74, 6) is 0. The van der Waals surface area contributed by atoms with E-state index in [4.69, 9.17) is 4.74 Å². The van der Waals surface area contributed by atoms with Crippen LogP contribution in [0, 0.1) is 0 Å². The Morgan fingerprint density at radius 2 is 2.27 bits per heavy atom. The molecule has 0 amide bonds. The predicted molar refractivity (Wildman–Crippen MR) is 44.3 cm³/mol. The molecule has 2 heteroatoms. The minimum atomic E-state index is 0.656. The molecule has 1 fully saturated rings. The quantitative estimate of drug-likeness (QED) is 0.521. The molecule has 2 aliphatic rings. The molecule has 0 saturated carbocycles. The standard InChI is InChI=1S/C9H15NO/c1-7-5-9-6-11-4-3-10(9)8(7)2/h9H,3-6H2,1-2H3. The Labute approximate surface area is 67.8 Å². The summed E-state index contributed by atoms with van der Waals surface area (Å²) in [5, 5.41) is 0. The van der Waals surface area contributed by atoms with Gasteiger partial charge in [-0.3, -0.25) is 0 Å². The van der Waals surface area contributed by atoms with Crippen LogP contribution in [0.4, 0.5) is 0 Å². The van der Waals surface area contributed by atoms with Crippen LogP contribution in [-0.4, -0.2) is 30.7 Å². The van der Waals surface area contributed by atoms with Crippen LogP contribution in [0.5, 0.6) is 0 Å². The molecule has 1 saturated heterocycles. The smallest absolute Gasteiger partial charge is 0.0673 e. The van der Waals surface area contributed by atoms with Crippen LogP contribution in [0.2, 0.25) is 0 Å². The van der Waals surface area contributed by atoms with E-state index in [1.54, 1.807) is 5.57 Å². The van der Waals surface area contributed by atoms with Crippen molar-refractivity contribution in [1.29, 1.82) is 0 Å². The highest BCUT2D eigenvalue weighted by Gasteiger charge is 2.29. The minimum absolute atomic E-state index is 0.656. The molecule has 0 N–H and O–H groups in total. The molecule has 0 radical (unpaired) electrons. The van der Waals surface area contributed by atoms with Gasteiger partial charge in [-0.2, -0.15) is 0 Å². The molecule has 2 rings (SSSR count). The molecule has 2 aliphatic heterocycles. The van der Waals surface area contributed by atoms with E-state index in [0.717, 1.165) is 19.8 Å². The second-order valence-electron chi connectivity index (χ2n) is 3.49. The van der Waals surface area contributed by atoms with Gasteiger partial charge < -0.3 is 9.64 Å². The van der Waals surface area contributed by atoms with Gasteiger partial charge in [0, 0.05) is 12.2 Å². The summed E-state index contributed by atoms with van der Waals surface area (Å²) in [6.45, 7) is 7.37. The molecule has 0 aromatic rings. The third-order valence-corrected chi connectivity index (χ3v) is 2.82. The largest absolute Gasteiger partial charge is 0.377 e. The normalized spacial score (nSPS) is 31.1. The number of ether oxygens (including phenoxy) is 1. The highest BCUT2D eigenvalue weighted by molar-refractivity contribution is 5.18. The Balaban J connectivity index is 2.15. The van der Waals surface area contributed by atoms with Crippen molar-refractivity contribution in [3.05, 3.63) is 11.3 Å². The lowest BCUT2D eigenvalue weighted by atomic mass is 10.1. The molecule has 1 unspecified atom stereocenters. The maximum absolute atomic E-state index is 5.41. The Kier molecular flexibility index (Phi) is 1.64. The minimum Gasteiger partial charge on any atom is -0.377 e. The van der Waals surface area contributed by atoms with Crippen LogP contribution in [0.15, 0.2) is 11.3 Å². The fourth-order valence-electron chi connectivity index (χ4n) is 2.01. The van der Waals surface area contributed by atoms with Crippen LogP contribution in [0.3, 0.4) is 0 Å². The summed E-state index contributed by atoms with van der Waals surface area (Å²) in [6, 6.07) is 0.656. The number of rotatable bonds is 0. The van der Waals surface area contributed by atoms with Crippen molar-refractivity contribution in [2.24, 2.45) is 0 Å². The molecule has 2 nitrogen and oxygen atoms in total. The monoisotopic (exact) mass is 153 g/mol. The highest BCUT2D eigenvalue weighted by Crippen LogP contribution is 2.29. The molecule has 62 valence electrons. The molecular formula is C9H15NO. The number of morpholine rings is 1. The molecule has 11 heavy (non-hydrogen) atoms. The Hall–Kier alpha value is -0.500. The van der Waals surface area contributed by atoms with Crippen molar-refractivity contribution >= 4 is 0 Å². The topological polar surface area (TPSA) is 12.5 Å². The van der Waals surface area contributed by atoms with E-state index < -0.39 is 0 Å². The van der Waals surface area contributed by atoms with E-state index in [0.29, 0.717) is 6.04 Å². The van der Waals surface area contributed by atoms with Crippen molar-refractivity contribution in [2.45, 2.75) is 26.3 Å². The SMILES string of the molecule is CC1=C(C)N2CCOCC2C1. The lowest BCUT2D eigenvalue weighted by molar-refractivity contribution is 0.0190. The molecule has 0 aromatic carbocycles. The molecule has 0 bridgehead atoms. The van der Waals surface area contributed by atoms with Gasteiger partial charge in [0.15, 0.2) is 0 Å². The zero-order valence-electron chi connectivity index (χ0n) is 7.26. The summed E-state index contributed by atoms with van der Waals surface area (Å²) in [5.41, 5.74) is 3.03. The second kappa shape index (κ2) is 2.52. The Bertz CT molecular complexity index is 198. The van der Waals surface area contributed by atoms with Crippen molar-refractivity contribution in [1.82, 2.24) is 4.90 Å². The van der Waals surface area contributed by atoms with Crippen LogP contribution in [0.1, 0.15) is 20.3 Å². The van der Waals surface area contributed by atoms with Crippen LogP contribution in [-0.2, 0) is 4.74 Å². The molecule has 0 aliphatic carbocycles. The number of hydrogen-bond donors (Lipinski definition) is 0. The Morgan fingerprint density at radius 3 is 3.00 bits per heavy atom. The number of hydrogen-bond acceptors (Lipinski definition) is 2. The summed E-state index contributed by atoms with van der Waals surface area (Å²) in [6.07, 6.45) is 1.21. The summed E-state index contributed by atoms with van der Waals surface area (Å²) < 4.78 is 5.41. The van der Waals surface area contributed by atoms with E-state index >= 15 is 0 Å². The third kappa shape index (κ3) is 1.06. The van der Waals surface area contributed by atoms with E-state index in [1.165, 1.54) is 12.1 Å². The van der Waals surface area contributed by atoms with E-state index in [2.05, 4.69) is 18.7 Å². The van der Waals surface area contributed by atoms with Crippen molar-refractivity contribution in [2.75, 3.05) is 19.8 Å². The van der Waals surface area contributed by atoms with Crippen molar-refractivity contribution in [3.63, 3.8) is 0 Å². The van der Waals surface area contributed by atoms with Gasteiger partial charge >= 0.3 is 0 Å². The lowest BCUT2D eigenvalue weighted by Crippen LogP contribution is -2.40. The summed E-state index contributed by atoms with van der Waals surface area (Å²) in [7, 11) is 0. The zero-order chi connectivity index (χ0) is 7.84. The summed E-state index contributed by atoms with van der Waals surface area (Å²) in [4.78, 5) is 2.48. The average molecular weight is 153 g/mol. The second-order valence-corrected chi connectivity index (χ2v) is 3.49. The first-order chi connectivity index (χ1) is 5.29. The number of allylic oxidation sites excluding steroid dienone is 1. The molecule has 0 spiro atoms. The lowest BCUT2D eigenvalue weighted by Gasteiger charge is -2.32. The maximum Gasteiger partial charge on any atom is 0.0673 e. The third-order valence-electron chi connectivity index (χ3n) is 2.82. The first kappa shape index (κ1) is 7.17. The van der Waals surface area contributed by atoms with Gasteiger partial charge in [-0.05, 0) is 20.3 Å². The van der Waals surface area contributed by atoms with Crippen LogP contribution in [0.25, 0.3) is 0 Å². The average Bonchev–Trinajstić information content (AvgIpc) is 2.30. The molecule has 0 aromatic heterocycles. The zero-order valence-corrected chi connectivity index (χ0v) is 7.26. The van der Waals surface area contributed by atoms with Crippen LogP contribution < -0.4 is 0 Å². The van der Waals surface area contributed by atoms with Gasteiger partial charge in [0.2, 0.25) is 0 Å². The van der Waals surface area contributed by atoms with E-state index in [-0.39, 0.29) is 0 Å². The van der Waals surface area contributed by atoms with E-state index in [9.17, 15) is 0 Å². The first-order valence-electron chi connectivity index (χ1n) is 4.30. The first-order valence-corrected chi connectivity index (χ1v) is 4.30. The summed E-state index contributed by atoms with van der Waals surface area (Å²) >= 11 is 0. The Morgan fingerprint density at radius 1 is 1.45 bits per heavy atom. The van der Waals surface area contributed by atoms with Gasteiger partial charge in [0.25, 0.3) is 0 Å². The van der Waals surface area contributed by atoms with Crippen LogP contribution >= 0.6 is 0 Å². The van der Waals surface area contributed by atoms with Gasteiger partial charge in [-0.25, -0.2) is 0 Å². The van der Waals surface area contributed by atoms with Gasteiger partial charge in [-0.15, -0.1) is 0 Å². The van der Waals surface area contributed by atoms with Gasteiger partial charge in [-0.1, -0.05) is 5.57 Å². The predicted octanol–water partition coefficient (Wildman–Crippen LogP) is 1.38. The fourth-order valence-corrected chi connectivity index (χ4v) is 2.01. The number of nitrogens with zero attached hydrogens (tertiary/aromatic N) is 1.